The van der Waals surface area contributed by atoms with Crippen LogP contribution < -0.4 is 15.6 Å². The number of rotatable bonds is 7. The van der Waals surface area contributed by atoms with Gasteiger partial charge in [0.2, 0.25) is 0 Å². The number of carbonyl (C=O) groups excluding carboxylic acids is 1. The number of benzene rings is 1. The maximum atomic E-state index is 13.0. The van der Waals surface area contributed by atoms with Crippen molar-refractivity contribution >= 4 is 22.8 Å². The quantitative estimate of drug-likeness (QED) is 0.567. The molecule has 1 fully saturated rings. The van der Waals surface area contributed by atoms with E-state index < -0.39 is 5.97 Å². The predicted molar refractivity (Wildman–Crippen MR) is 121 cm³/mol. The lowest BCUT2D eigenvalue weighted by atomic mass is 9.82. The van der Waals surface area contributed by atoms with Crippen molar-refractivity contribution in [2.75, 3.05) is 7.11 Å². The molecule has 1 aromatic carbocycles. The molecule has 4 rings (SSSR count). The molecule has 2 heterocycles. The largest absolute Gasteiger partial charge is 0.497 e. The van der Waals surface area contributed by atoms with Crippen LogP contribution in [0.25, 0.3) is 10.9 Å². The molecule has 0 bridgehead atoms. The van der Waals surface area contributed by atoms with E-state index in [9.17, 15) is 14.4 Å². The van der Waals surface area contributed by atoms with E-state index in [-0.39, 0.29) is 29.0 Å². The van der Waals surface area contributed by atoms with E-state index >= 15 is 0 Å². The third-order valence-electron chi connectivity index (χ3n) is 6.21. The Morgan fingerprint density at radius 1 is 1.15 bits per heavy atom. The zero-order valence-electron chi connectivity index (χ0n) is 18.4. The first-order valence-corrected chi connectivity index (χ1v) is 10.9. The van der Waals surface area contributed by atoms with Crippen LogP contribution in [-0.2, 0) is 17.9 Å². The zero-order valence-corrected chi connectivity index (χ0v) is 18.4. The molecule has 2 aromatic heterocycles. The van der Waals surface area contributed by atoms with E-state index in [1.165, 1.54) is 18.6 Å². The topological polar surface area (TPSA) is 123 Å². The van der Waals surface area contributed by atoms with Crippen molar-refractivity contribution in [1.82, 2.24) is 19.9 Å². The molecule has 0 radical (unpaired) electrons. The summed E-state index contributed by atoms with van der Waals surface area (Å²) in [4.78, 5) is 45.3. The Morgan fingerprint density at radius 3 is 2.55 bits per heavy atom. The highest BCUT2D eigenvalue weighted by atomic mass is 16.5. The summed E-state index contributed by atoms with van der Waals surface area (Å²) in [5.74, 6) is -0.456. The molecule has 9 nitrogen and oxygen atoms in total. The summed E-state index contributed by atoms with van der Waals surface area (Å²) in [6, 6.07) is 8.83. The van der Waals surface area contributed by atoms with Crippen LogP contribution in [0.4, 0.5) is 0 Å². The molecule has 2 N–H and O–H groups in total. The first-order valence-electron chi connectivity index (χ1n) is 10.9. The Morgan fingerprint density at radius 2 is 1.88 bits per heavy atom. The smallest absolute Gasteiger partial charge is 0.306 e. The van der Waals surface area contributed by atoms with E-state index in [0.29, 0.717) is 36.8 Å². The highest BCUT2D eigenvalue weighted by Gasteiger charge is 2.26. The van der Waals surface area contributed by atoms with Gasteiger partial charge < -0.3 is 15.2 Å². The van der Waals surface area contributed by atoms with Gasteiger partial charge >= 0.3 is 5.97 Å². The lowest BCUT2D eigenvalue weighted by Crippen LogP contribution is -2.29. The number of aromatic nitrogens is 3. The Labute approximate surface area is 190 Å². The Kier molecular flexibility index (Phi) is 6.67. The molecule has 33 heavy (non-hydrogen) atoms. The summed E-state index contributed by atoms with van der Waals surface area (Å²) in [7, 11) is 1.59. The third kappa shape index (κ3) is 5.19. The van der Waals surface area contributed by atoms with Gasteiger partial charge in [0.25, 0.3) is 11.5 Å². The molecule has 0 unspecified atom stereocenters. The second kappa shape index (κ2) is 9.81. The van der Waals surface area contributed by atoms with Crippen molar-refractivity contribution in [3.05, 3.63) is 64.5 Å². The first-order chi connectivity index (χ1) is 15.9. The lowest BCUT2D eigenvalue weighted by Gasteiger charge is -2.26. The van der Waals surface area contributed by atoms with Gasteiger partial charge in [0.05, 0.1) is 36.5 Å². The molecule has 1 aliphatic rings. The van der Waals surface area contributed by atoms with Crippen LogP contribution >= 0.6 is 0 Å². The van der Waals surface area contributed by atoms with Gasteiger partial charge in [-0.1, -0.05) is 12.1 Å². The third-order valence-corrected chi connectivity index (χ3v) is 6.21. The number of ether oxygens (including phenoxy) is 1. The van der Waals surface area contributed by atoms with Gasteiger partial charge in [-0.05, 0) is 55.4 Å². The summed E-state index contributed by atoms with van der Waals surface area (Å²) < 4.78 is 6.68. The van der Waals surface area contributed by atoms with Crippen molar-refractivity contribution in [1.29, 1.82) is 0 Å². The molecular weight excluding hydrogens is 424 g/mol. The zero-order chi connectivity index (χ0) is 23.4. The van der Waals surface area contributed by atoms with E-state index in [2.05, 4.69) is 15.3 Å². The van der Waals surface area contributed by atoms with Gasteiger partial charge in [-0.25, -0.2) is 9.97 Å². The second-order valence-corrected chi connectivity index (χ2v) is 8.38. The van der Waals surface area contributed by atoms with Crippen molar-refractivity contribution in [2.24, 2.45) is 11.8 Å². The maximum absolute atomic E-state index is 13.0. The van der Waals surface area contributed by atoms with Crippen LogP contribution in [0.1, 0.15) is 41.7 Å². The fraction of sp³-hybridized carbons (Fsp3) is 0.375. The SMILES string of the molecule is COc1ccc(CNC(=O)c2cc3c(=O)n(CC4CCC(C(=O)O)CC4)cnc3cn2)cc1. The van der Waals surface area contributed by atoms with Gasteiger partial charge in [0.15, 0.2) is 0 Å². The highest BCUT2D eigenvalue weighted by Crippen LogP contribution is 2.29. The number of amides is 1. The van der Waals surface area contributed by atoms with E-state index in [1.807, 2.05) is 24.3 Å². The van der Waals surface area contributed by atoms with Crippen molar-refractivity contribution < 1.29 is 19.4 Å². The van der Waals surface area contributed by atoms with E-state index in [0.717, 1.165) is 24.2 Å². The lowest BCUT2D eigenvalue weighted by molar-refractivity contribution is -0.143. The van der Waals surface area contributed by atoms with Gasteiger partial charge in [-0.2, -0.15) is 0 Å². The summed E-state index contributed by atoms with van der Waals surface area (Å²) >= 11 is 0. The minimum Gasteiger partial charge on any atom is -0.497 e. The van der Waals surface area contributed by atoms with Crippen molar-refractivity contribution in [3.8, 4) is 5.75 Å². The molecule has 9 heteroatoms. The number of hydrogen-bond donors (Lipinski definition) is 2. The van der Waals surface area contributed by atoms with Crippen LogP contribution in [0.2, 0.25) is 0 Å². The van der Waals surface area contributed by atoms with Crippen LogP contribution in [0.5, 0.6) is 5.75 Å². The van der Waals surface area contributed by atoms with Gasteiger partial charge in [-0.15, -0.1) is 0 Å². The number of nitrogens with one attached hydrogen (secondary N) is 1. The average molecular weight is 450 g/mol. The van der Waals surface area contributed by atoms with Gasteiger partial charge in [0.1, 0.15) is 11.4 Å². The number of nitrogens with zero attached hydrogens (tertiary/aromatic N) is 3. The van der Waals surface area contributed by atoms with Crippen LogP contribution in [-0.4, -0.2) is 38.6 Å². The van der Waals surface area contributed by atoms with Crippen LogP contribution in [0.15, 0.2) is 47.7 Å². The fourth-order valence-corrected chi connectivity index (χ4v) is 4.20. The molecule has 1 amide bonds. The molecule has 1 saturated carbocycles. The number of aliphatic carboxylic acids is 1. The molecule has 0 saturated heterocycles. The Balaban J connectivity index is 1.46. The van der Waals surface area contributed by atoms with Gasteiger partial charge in [-0.3, -0.25) is 19.0 Å². The van der Waals surface area contributed by atoms with Crippen molar-refractivity contribution in [3.63, 3.8) is 0 Å². The number of methoxy groups -OCH3 is 1. The maximum Gasteiger partial charge on any atom is 0.306 e. The minimum atomic E-state index is -0.747. The van der Waals surface area contributed by atoms with Crippen molar-refractivity contribution in [2.45, 2.75) is 38.8 Å². The summed E-state index contributed by atoms with van der Waals surface area (Å²) in [5.41, 5.74) is 1.26. The highest BCUT2D eigenvalue weighted by molar-refractivity contribution is 5.95. The van der Waals surface area contributed by atoms with Gasteiger partial charge in [0, 0.05) is 13.1 Å². The number of hydrogen-bond acceptors (Lipinski definition) is 6. The number of carboxylic acids is 1. The molecule has 0 aliphatic heterocycles. The minimum absolute atomic E-state index is 0.148. The predicted octanol–water partition coefficient (Wildman–Crippen LogP) is 2.62. The normalized spacial score (nSPS) is 18.1. The first kappa shape index (κ1) is 22.4. The molecule has 3 aromatic rings. The second-order valence-electron chi connectivity index (χ2n) is 8.38. The molecule has 172 valence electrons. The van der Waals surface area contributed by atoms with E-state index in [1.54, 1.807) is 11.7 Å². The molecular formula is C24H26N4O5. The molecule has 1 aliphatic carbocycles. The number of fused-ring (bicyclic) bond motifs is 1. The summed E-state index contributed by atoms with van der Waals surface area (Å²) in [6.45, 7) is 0.800. The van der Waals surface area contributed by atoms with Crippen LogP contribution in [0.3, 0.4) is 0 Å². The monoisotopic (exact) mass is 450 g/mol. The molecule has 0 spiro atoms. The Hall–Kier alpha value is -3.75. The summed E-state index contributed by atoms with van der Waals surface area (Å²) in [6.07, 6.45) is 5.70. The Bertz CT molecular complexity index is 1210. The number of carboxylic acid groups (broad SMARTS) is 1. The average Bonchev–Trinajstić information content (AvgIpc) is 2.84. The van der Waals surface area contributed by atoms with E-state index in [4.69, 9.17) is 9.84 Å². The fourth-order valence-electron chi connectivity index (χ4n) is 4.20. The standard InChI is InChI=1S/C24H26N4O5/c1-33-18-8-4-15(5-9-18)11-26-22(29)20-10-19-21(12-25-20)27-14-28(23(19)30)13-16-2-6-17(7-3-16)24(31)32/h4-5,8-10,12,14,16-17H,2-3,6-7,11,13H2,1H3,(H,26,29)(H,31,32). The molecule has 0 atom stereocenters. The number of pyridine rings is 1. The van der Waals surface area contributed by atoms with Crippen LogP contribution in [0, 0.1) is 11.8 Å². The number of carbonyl (C=O) groups is 2. The summed E-state index contributed by atoms with van der Waals surface area (Å²) in [5, 5.41) is 12.3.